The smallest absolute Gasteiger partial charge is 0.243 e. The van der Waals surface area contributed by atoms with Crippen LogP contribution < -0.4 is 5.32 Å². The second kappa shape index (κ2) is 9.38. The summed E-state index contributed by atoms with van der Waals surface area (Å²) >= 11 is 1.47. The van der Waals surface area contributed by atoms with Gasteiger partial charge in [-0.1, -0.05) is 6.07 Å². The predicted octanol–water partition coefficient (Wildman–Crippen LogP) is 1.72. The minimum atomic E-state index is -3.68. The zero-order valence-electron chi connectivity index (χ0n) is 16.4. The number of carbonyl (C=O) groups is 2. The molecule has 0 spiro atoms. The topological polar surface area (TPSA) is 111 Å². The van der Waals surface area contributed by atoms with Crippen LogP contribution in [0.15, 0.2) is 46.7 Å². The molecule has 158 valence electrons. The second-order valence-corrected chi connectivity index (χ2v) is 9.81. The Labute approximate surface area is 179 Å². The van der Waals surface area contributed by atoms with E-state index in [4.69, 9.17) is 5.26 Å². The van der Waals surface area contributed by atoms with Gasteiger partial charge in [-0.3, -0.25) is 9.59 Å². The number of hydrogen-bond acceptors (Lipinski definition) is 6. The van der Waals surface area contributed by atoms with Gasteiger partial charge in [0.05, 0.1) is 29.0 Å². The van der Waals surface area contributed by atoms with Gasteiger partial charge in [0.1, 0.15) is 0 Å². The first-order valence-electron chi connectivity index (χ1n) is 9.40. The largest absolute Gasteiger partial charge is 0.348 e. The fourth-order valence-corrected chi connectivity index (χ4v) is 5.49. The number of hydrogen-bond donors (Lipinski definition) is 1. The summed E-state index contributed by atoms with van der Waals surface area (Å²) in [7, 11) is -3.68. The fraction of sp³-hybridized carbons (Fsp3) is 0.350. The average Bonchev–Trinajstić information content (AvgIpc) is 3.28. The molecule has 3 rings (SSSR count). The molecule has 1 unspecified atom stereocenters. The molecule has 2 aromatic rings. The Morgan fingerprint density at radius 3 is 2.37 bits per heavy atom. The quantitative estimate of drug-likeness (QED) is 0.726. The van der Waals surface area contributed by atoms with E-state index < -0.39 is 16.1 Å². The van der Waals surface area contributed by atoms with Crippen molar-refractivity contribution in [1.82, 2.24) is 14.5 Å². The van der Waals surface area contributed by atoms with Gasteiger partial charge >= 0.3 is 0 Å². The number of carbonyl (C=O) groups excluding carboxylic acids is 2. The highest BCUT2D eigenvalue weighted by molar-refractivity contribution is 7.89. The summed E-state index contributed by atoms with van der Waals surface area (Å²) in [5.41, 5.74) is 0.392. The molecule has 1 aliphatic heterocycles. The molecule has 1 aliphatic rings. The van der Waals surface area contributed by atoms with Gasteiger partial charge in [0.15, 0.2) is 0 Å². The van der Waals surface area contributed by atoms with Crippen molar-refractivity contribution < 1.29 is 18.0 Å². The van der Waals surface area contributed by atoms with Crippen LogP contribution in [0.5, 0.6) is 0 Å². The van der Waals surface area contributed by atoms with Gasteiger partial charge in [-0.15, -0.1) is 11.3 Å². The Bertz CT molecular complexity index is 1040. The molecule has 1 atom stereocenters. The molecule has 0 radical (unpaired) electrons. The van der Waals surface area contributed by atoms with Crippen LogP contribution in [-0.4, -0.2) is 55.6 Å². The van der Waals surface area contributed by atoms with Crippen LogP contribution in [0.1, 0.15) is 29.8 Å². The standard InChI is InChI=1S/C20H22N4O4S2/c1-15(25)22-18(19-3-2-12-29-19)13-20(26)23-8-10-24(11-9-23)30(27,28)17-6-4-16(14-21)5-7-17/h2-7,12,18H,8-11,13H2,1H3,(H,22,25). The maximum absolute atomic E-state index is 12.8. The summed E-state index contributed by atoms with van der Waals surface area (Å²) in [6.07, 6.45) is 0.127. The molecule has 0 saturated carbocycles. The van der Waals surface area contributed by atoms with Crippen molar-refractivity contribution in [2.75, 3.05) is 26.2 Å². The second-order valence-electron chi connectivity index (χ2n) is 6.89. The van der Waals surface area contributed by atoms with Gasteiger partial charge in [-0.05, 0) is 35.7 Å². The number of thiophene rings is 1. The van der Waals surface area contributed by atoms with Crippen LogP contribution in [0, 0.1) is 11.3 Å². The minimum absolute atomic E-state index is 0.127. The zero-order chi connectivity index (χ0) is 21.7. The monoisotopic (exact) mass is 446 g/mol. The summed E-state index contributed by atoms with van der Waals surface area (Å²) in [6, 6.07) is 11.1. The van der Waals surface area contributed by atoms with Crippen LogP contribution in [0.4, 0.5) is 0 Å². The van der Waals surface area contributed by atoms with Crippen LogP contribution in [0.25, 0.3) is 0 Å². The maximum Gasteiger partial charge on any atom is 0.243 e. The molecular weight excluding hydrogens is 424 g/mol. The lowest BCUT2D eigenvalue weighted by molar-refractivity contribution is -0.133. The molecule has 1 saturated heterocycles. The number of amides is 2. The predicted molar refractivity (Wildman–Crippen MR) is 112 cm³/mol. The molecule has 0 aliphatic carbocycles. The number of benzene rings is 1. The number of sulfonamides is 1. The number of piperazine rings is 1. The van der Waals surface area contributed by atoms with E-state index in [1.807, 2.05) is 23.6 Å². The maximum atomic E-state index is 12.8. The average molecular weight is 447 g/mol. The van der Waals surface area contributed by atoms with Crippen LogP contribution >= 0.6 is 11.3 Å². The number of nitrogens with one attached hydrogen (secondary N) is 1. The summed E-state index contributed by atoms with van der Waals surface area (Å²) < 4.78 is 27.0. The van der Waals surface area contributed by atoms with Gasteiger partial charge in [0, 0.05) is 38.0 Å². The lowest BCUT2D eigenvalue weighted by Gasteiger charge is -2.34. The van der Waals surface area contributed by atoms with E-state index in [0.717, 1.165) is 4.88 Å². The van der Waals surface area contributed by atoms with Gasteiger partial charge in [0.25, 0.3) is 0 Å². The molecule has 30 heavy (non-hydrogen) atoms. The SMILES string of the molecule is CC(=O)NC(CC(=O)N1CCN(S(=O)(=O)c2ccc(C#N)cc2)CC1)c1cccs1. The molecule has 0 bridgehead atoms. The van der Waals surface area contributed by atoms with E-state index in [-0.39, 0.29) is 49.3 Å². The highest BCUT2D eigenvalue weighted by Gasteiger charge is 2.31. The first kappa shape index (κ1) is 22.0. The van der Waals surface area contributed by atoms with Crippen molar-refractivity contribution >= 4 is 33.2 Å². The van der Waals surface area contributed by atoms with E-state index in [0.29, 0.717) is 5.56 Å². The van der Waals surface area contributed by atoms with Crippen molar-refractivity contribution in [2.45, 2.75) is 24.3 Å². The van der Waals surface area contributed by atoms with E-state index in [1.165, 1.54) is 46.8 Å². The third kappa shape index (κ3) is 5.05. The van der Waals surface area contributed by atoms with Crippen molar-refractivity contribution in [1.29, 1.82) is 5.26 Å². The molecule has 1 fully saturated rings. The van der Waals surface area contributed by atoms with Crippen molar-refractivity contribution in [3.8, 4) is 6.07 Å². The molecule has 1 aromatic carbocycles. The van der Waals surface area contributed by atoms with Gasteiger partial charge in [-0.25, -0.2) is 8.42 Å². The summed E-state index contributed by atoms with van der Waals surface area (Å²) in [4.78, 5) is 26.9. The van der Waals surface area contributed by atoms with Crippen molar-refractivity contribution in [3.63, 3.8) is 0 Å². The summed E-state index contributed by atoms with van der Waals surface area (Å²) in [5.74, 6) is -0.336. The van der Waals surface area contributed by atoms with Gasteiger partial charge < -0.3 is 10.2 Å². The zero-order valence-corrected chi connectivity index (χ0v) is 18.1. The van der Waals surface area contributed by atoms with E-state index >= 15 is 0 Å². The van der Waals surface area contributed by atoms with Crippen molar-refractivity contribution in [2.24, 2.45) is 0 Å². The lowest BCUT2D eigenvalue weighted by atomic mass is 10.1. The third-order valence-electron chi connectivity index (χ3n) is 4.86. The molecule has 1 aromatic heterocycles. The Balaban J connectivity index is 1.62. The number of rotatable bonds is 6. The fourth-order valence-electron chi connectivity index (χ4n) is 3.29. The Kier molecular flexibility index (Phi) is 6.87. The van der Waals surface area contributed by atoms with E-state index in [9.17, 15) is 18.0 Å². The minimum Gasteiger partial charge on any atom is -0.348 e. The molecule has 2 amide bonds. The molecule has 8 nitrogen and oxygen atoms in total. The summed E-state index contributed by atoms with van der Waals surface area (Å²) in [6.45, 7) is 2.37. The number of nitrogens with zero attached hydrogens (tertiary/aromatic N) is 3. The molecule has 2 heterocycles. The highest BCUT2D eigenvalue weighted by Crippen LogP contribution is 2.24. The van der Waals surface area contributed by atoms with Crippen LogP contribution in [0.2, 0.25) is 0 Å². The van der Waals surface area contributed by atoms with Crippen LogP contribution in [-0.2, 0) is 19.6 Å². The van der Waals surface area contributed by atoms with Gasteiger partial charge in [0.2, 0.25) is 21.8 Å². The normalized spacial score (nSPS) is 15.9. The van der Waals surface area contributed by atoms with Gasteiger partial charge in [-0.2, -0.15) is 9.57 Å². The number of nitriles is 1. The van der Waals surface area contributed by atoms with E-state index in [2.05, 4.69) is 5.32 Å². The highest BCUT2D eigenvalue weighted by atomic mass is 32.2. The van der Waals surface area contributed by atoms with Crippen LogP contribution in [0.3, 0.4) is 0 Å². The van der Waals surface area contributed by atoms with E-state index in [1.54, 1.807) is 4.90 Å². The molecule has 1 N–H and O–H groups in total. The summed E-state index contributed by atoms with van der Waals surface area (Å²) in [5, 5.41) is 13.6. The van der Waals surface area contributed by atoms with Crippen molar-refractivity contribution in [3.05, 3.63) is 52.2 Å². The third-order valence-corrected chi connectivity index (χ3v) is 7.75. The molecule has 10 heteroatoms. The Morgan fingerprint density at radius 1 is 1.17 bits per heavy atom. The Hall–Kier alpha value is -2.74. The lowest BCUT2D eigenvalue weighted by Crippen LogP contribution is -2.51. The first-order chi connectivity index (χ1) is 14.3. The first-order valence-corrected chi connectivity index (χ1v) is 11.7. The molecular formula is C20H22N4O4S2. The Morgan fingerprint density at radius 2 is 1.83 bits per heavy atom.